The number of halogens is 1. The zero-order valence-corrected chi connectivity index (χ0v) is 10.8. The summed E-state index contributed by atoms with van der Waals surface area (Å²) < 4.78 is 2.91. The Morgan fingerprint density at radius 1 is 1.47 bits per heavy atom. The second-order valence-electron chi connectivity index (χ2n) is 3.98. The maximum Gasteiger partial charge on any atom is 0.104 e. The van der Waals surface area contributed by atoms with E-state index in [1.54, 1.807) is 0 Å². The van der Waals surface area contributed by atoms with Gasteiger partial charge in [0.1, 0.15) is 4.60 Å². The Hall–Kier alpha value is -0.390. The molecule has 1 aromatic heterocycles. The van der Waals surface area contributed by atoms with E-state index in [-0.39, 0.29) is 0 Å². The molecule has 0 bridgehead atoms. The van der Waals surface area contributed by atoms with E-state index in [9.17, 15) is 0 Å². The molecule has 1 aromatic rings. The molecule has 0 saturated carbocycles. The van der Waals surface area contributed by atoms with Crippen LogP contribution in [0, 0.1) is 0 Å². The van der Waals surface area contributed by atoms with Crippen LogP contribution in [0.15, 0.2) is 10.7 Å². The molecular formula is C10H17BrN4. The molecule has 1 aliphatic heterocycles. The minimum atomic E-state index is 0.407. The van der Waals surface area contributed by atoms with Crippen LogP contribution >= 0.6 is 15.9 Å². The lowest BCUT2D eigenvalue weighted by molar-refractivity contribution is 0.182. The Bertz CT molecular complexity index is 311. The largest absolute Gasteiger partial charge is 0.314 e. The summed E-state index contributed by atoms with van der Waals surface area (Å²) in [4.78, 5) is 2.46. The summed E-state index contributed by atoms with van der Waals surface area (Å²) >= 11 is 3.48. The van der Waals surface area contributed by atoms with Gasteiger partial charge in [-0.2, -0.15) is 5.10 Å². The van der Waals surface area contributed by atoms with Crippen LogP contribution in [0.1, 0.15) is 18.7 Å². The number of rotatable bonds is 2. The molecule has 1 fully saturated rings. The van der Waals surface area contributed by atoms with Crippen LogP contribution in [0.3, 0.4) is 0 Å². The van der Waals surface area contributed by atoms with Crippen molar-refractivity contribution in [2.24, 2.45) is 7.05 Å². The Morgan fingerprint density at radius 2 is 2.13 bits per heavy atom. The van der Waals surface area contributed by atoms with Crippen LogP contribution in [0.25, 0.3) is 0 Å². The number of nitrogens with zero attached hydrogens (tertiary/aromatic N) is 3. The number of nitrogens with one attached hydrogen (secondary N) is 1. The molecule has 0 spiro atoms. The molecule has 1 saturated heterocycles. The molecule has 5 heteroatoms. The molecule has 2 rings (SSSR count). The van der Waals surface area contributed by atoms with E-state index in [0.717, 1.165) is 36.5 Å². The van der Waals surface area contributed by atoms with Crippen LogP contribution in [0.4, 0.5) is 0 Å². The van der Waals surface area contributed by atoms with Gasteiger partial charge in [-0.25, -0.2) is 0 Å². The summed E-state index contributed by atoms with van der Waals surface area (Å²) in [5.41, 5.74) is 1.14. The van der Waals surface area contributed by atoms with Gasteiger partial charge in [0, 0.05) is 33.2 Å². The van der Waals surface area contributed by atoms with Gasteiger partial charge in [-0.1, -0.05) is 0 Å². The summed E-state index contributed by atoms with van der Waals surface area (Å²) in [6.07, 6.45) is 0. The molecule has 15 heavy (non-hydrogen) atoms. The van der Waals surface area contributed by atoms with Gasteiger partial charge in [-0.3, -0.25) is 9.58 Å². The van der Waals surface area contributed by atoms with E-state index in [1.165, 1.54) is 0 Å². The maximum absolute atomic E-state index is 4.49. The topological polar surface area (TPSA) is 33.1 Å². The van der Waals surface area contributed by atoms with E-state index in [0.29, 0.717) is 6.04 Å². The Balaban J connectivity index is 2.08. The van der Waals surface area contributed by atoms with Gasteiger partial charge in [0.2, 0.25) is 0 Å². The first-order valence-corrected chi connectivity index (χ1v) is 6.12. The van der Waals surface area contributed by atoms with Crippen molar-refractivity contribution in [2.75, 3.05) is 26.2 Å². The Labute approximate surface area is 98.8 Å². The van der Waals surface area contributed by atoms with Gasteiger partial charge >= 0.3 is 0 Å². The zero-order chi connectivity index (χ0) is 10.8. The summed E-state index contributed by atoms with van der Waals surface area (Å²) in [7, 11) is 1.96. The van der Waals surface area contributed by atoms with Crippen molar-refractivity contribution in [1.82, 2.24) is 20.0 Å². The lowest BCUT2D eigenvalue weighted by Gasteiger charge is -2.31. The molecule has 1 N–H and O–H groups in total. The normalized spacial score (nSPS) is 20.5. The van der Waals surface area contributed by atoms with Crippen molar-refractivity contribution < 1.29 is 0 Å². The molecule has 84 valence electrons. The number of aromatic nitrogens is 2. The van der Waals surface area contributed by atoms with Crippen molar-refractivity contribution in [3.05, 3.63) is 16.4 Å². The van der Waals surface area contributed by atoms with Crippen LogP contribution in [-0.4, -0.2) is 40.9 Å². The van der Waals surface area contributed by atoms with Crippen LogP contribution in [0.2, 0.25) is 0 Å². The summed E-state index contributed by atoms with van der Waals surface area (Å²) in [5.74, 6) is 0. The molecule has 1 unspecified atom stereocenters. The fourth-order valence-electron chi connectivity index (χ4n) is 1.93. The first kappa shape index (κ1) is 11.1. The predicted molar refractivity (Wildman–Crippen MR) is 63.8 cm³/mol. The molecule has 1 aliphatic rings. The molecule has 1 atom stereocenters. The predicted octanol–water partition coefficient (Wildman–Crippen LogP) is 1.15. The van der Waals surface area contributed by atoms with Gasteiger partial charge in [0.25, 0.3) is 0 Å². The fraction of sp³-hybridized carbons (Fsp3) is 0.700. The molecule has 0 aliphatic carbocycles. The lowest BCUT2D eigenvalue weighted by Crippen LogP contribution is -2.44. The van der Waals surface area contributed by atoms with E-state index in [4.69, 9.17) is 0 Å². The third-order valence-corrected chi connectivity index (χ3v) is 3.71. The minimum absolute atomic E-state index is 0.407. The summed E-state index contributed by atoms with van der Waals surface area (Å²) in [6.45, 7) is 6.60. The highest BCUT2D eigenvalue weighted by Crippen LogP contribution is 2.21. The Kier molecular flexibility index (Phi) is 3.43. The second-order valence-corrected chi connectivity index (χ2v) is 4.79. The van der Waals surface area contributed by atoms with Crippen LogP contribution in [0.5, 0.6) is 0 Å². The van der Waals surface area contributed by atoms with Gasteiger partial charge in [0.15, 0.2) is 0 Å². The highest BCUT2D eigenvalue weighted by molar-refractivity contribution is 9.10. The summed E-state index contributed by atoms with van der Waals surface area (Å²) in [5, 5.41) is 7.85. The van der Waals surface area contributed by atoms with Crippen LogP contribution < -0.4 is 5.32 Å². The van der Waals surface area contributed by atoms with Crippen molar-refractivity contribution in [3.8, 4) is 0 Å². The molecule has 0 radical (unpaired) electrons. The SMILES string of the molecule is CC(c1cc(Br)n(C)n1)N1CCNCC1. The molecule has 0 aromatic carbocycles. The van der Waals surface area contributed by atoms with E-state index < -0.39 is 0 Å². The standard InChI is InChI=1S/C10H17BrN4/c1-8(15-5-3-12-4-6-15)9-7-10(11)14(2)13-9/h7-8,12H,3-6H2,1-2H3. The number of piperazine rings is 1. The first-order valence-electron chi connectivity index (χ1n) is 5.32. The van der Waals surface area contributed by atoms with Crippen molar-refractivity contribution in [1.29, 1.82) is 0 Å². The third-order valence-electron chi connectivity index (χ3n) is 2.97. The average molecular weight is 273 g/mol. The van der Waals surface area contributed by atoms with E-state index in [2.05, 4.69) is 44.2 Å². The highest BCUT2D eigenvalue weighted by Gasteiger charge is 2.20. The summed E-state index contributed by atoms with van der Waals surface area (Å²) in [6, 6.07) is 2.51. The molecule has 2 heterocycles. The van der Waals surface area contributed by atoms with Gasteiger partial charge < -0.3 is 5.32 Å². The van der Waals surface area contributed by atoms with Crippen LogP contribution in [-0.2, 0) is 7.05 Å². The van der Waals surface area contributed by atoms with Crippen molar-refractivity contribution >= 4 is 15.9 Å². The number of aryl methyl sites for hydroxylation is 1. The second kappa shape index (κ2) is 4.63. The van der Waals surface area contributed by atoms with E-state index in [1.807, 2.05) is 11.7 Å². The number of hydrogen-bond donors (Lipinski definition) is 1. The Morgan fingerprint density at radius 3 is 2.67 bits per heavy atom. The first-order chi connectivity index (χ1) is 7.18. The average Bonchev–Trinajstić information content (AvgIpc) is 2.59. The fourth-order valence-corrected chi connectivity index (χ4v) is 2.24. The minimum Gasteiger partial charge on any atom is -0.314 e. The van der Waals surface area contributed by atoms with Gasteiger partial charge in [0.05, 0.1) is 11.7 Å². The monoisotopic (exact) mass is 272 g/mol. The molecule has 0 amide bonds. The smallest absolute Gasteiger partial charge is 0.104 e. The van der Waals surface area contributed by atoms with Gasteiger partial charge in [-0.05, 0) is 28.9 Å². The van der Waals surface area contributed by atoms with Crippen molar-refractivity contribution in [3.63, 3.8) is 0 Å². The van der Waals surface area contributed by atoms with Gasteiger partial charge in [-0.15, -0.1) is 0 Å². The van der Waals surface area contributed by atoms with Crippen molar-refractivity contribution in [2.45, 2.75) is 13.0 Å². The quantitative estimate of drug-likeness (QED) is 0.877. The number of hydrogen-bond acceptors (Lipinski definition) is 3. The molecule has 4 nitrogen and oxygen atoms in total. The zero-order valence-electron chi connectivity index (χ0n) is 9.20. The lowest BCUT2D eigenvalue weighted by atomic mass is 10.2. The third kappa shape index (κ3) is 2.41. The molecular weight excluding hydrogens is 256 g/mol. The highest BCUT2D eigenvalue weighted by atomic mass is 79.9. The maximum atomic E-state index is 4.49. The van der Waals surface area contributed by atoms with E-state index >= 15 is 0 Å².